The van der Waals surface area contributed by atoms with Crippen molar-refractivity contribution in [1.82, 2.24) is 4.90 Å². The van der Waals surface area contributed by atoms with E-state index in [1.807, 2.05) is 14.1 Å². The minimum atomic E-state index is -1.72. The molecule has 0 aromatic rings. The minimum absolute atomic E-state index is 0.444. The van der Waals surface area contributed by atoms with Gasteiger partial charge in [-0.15, -0.1) is 0 Å². The zero-order valence-electron chi connectivity index (χ0n) is 10.9. The molecule has 18 heavy (non-hydrogen) atoms. The molecule has 2 N–H and O–H groups in total. The standard InChI is InChI=1S/C11H19FN2O3S/c1-11(2,12)8-7(16)6(15)5-9(17-8)18-10(13-5)14(3)4/h5-9,15-16H,1-4H3. The maximum Gasteiger partial charge on any atom is 0.161 e. The normalized spacial score (nSPS) is 40.4. The monoisotopic (exact) mass is 278 g/mol. The van der Waals surface area contributed by atoms with Gasteiger partial charge in [0.25, 0.3) is 0 Å². The summed E-state index contributed by atoms with van der Waals surface area (Å²) >= 11 is 1.34. The third-order valence-electron chi connectivity index (χ3n) is 3.11. The topological polar surface area (TPSA) is 65.3 Å². The average Bonchev–Trinajstić information content (AvgIpc) is 2.65. The first-order valence-electron chi connectivity index (χ1n) is 5.84. The molecule has 5 atom stereocenters. The number of thioether (sulfide) groups is 1. The van der Waals surface area contributed by atoms with Gasteiger partial charge in [-0.2, -0.15) is 0 Å². The summed E-state index contributed by atoms with van der Waals surface area (Å²) in [5, 5.41) is 20.7. The summed E-state index contributed by atoms with van der Waals surface area (Å²) in [5.41, 5.74) is -2.16. The predicted molar refractivity (Wildman–Crippen MR) is 68.4 cm³/mol. The fraction of sp³-hybridized carbons (Fsp3) is 0.909. The number of nitrogens with zero attached hydrogens (tertiary/aromatic N) is 2. The maximum atomic E-state index is 14.0. The van der Waals surface area contributed by atoms with Gasteiger partial charge < -0.3 is 19.8 Å². The molecule has 0 saturated carbocycles. The van der Waals surface area contributed by atoms with Gasteiger partial charge in [0.15, 0.2) is 5.17 Å². The van der Waals surface area contributed by atoms with Crippen molar-refractivity contribution in [2.75, 3.05) is 14.1 Å². The molecule has 1 saturated heterocycles. The van der Waals surface area contributed by atoms with Crippen LogP contribution in [0.2, 0.25) is 0 Å². The molecular weight excluding hydrogens is 259 g/mol. The van der Waals surface area contributed by atoms with Crippen LogP contribution in [0.15, 0.2) is 4.99 Å². The Morgan fingerprint density at radius 1 is 1.33 bits per heavy atom. The highest BCUT2D eigenvalue weighted by Gasteiger charge is 2.52. The number of hydrogen-bond donors (Lipinski definition) is 2. The number of alkyl halides is 1. The van der Waals surface area contributed by atoms with E-state index in [0.29, 0.717) is 5.17 Å². The van der Waals surface area contributed by atoms with E-state index in [2.05, 4.69) is 4.99 Å². The molecule has 0 aliphatic carbocycles. The summed E-state index contributed by atoms with van der Waals surface area (Å²) < 4.78 is 19.5. The molecule has 2 aliphatic heterocycles. The lowest BCUT2D eigenvalue weighted by molar-refractivity contribution is -0.191. The van der Waals surface area contributed by atoms with E-state index in [4.69, 9.17) is 4.74 Å². The van der Waals surface area contributed by atoms with Gasteiger partial charge in [-0.25, -0.2) is 4.39 Å². The van der Waals surface area contributed by atoms with Crippen molar-refractivity contribution in [3.05, 3.63) is 0 Å². The number of aliphatic imine (C=N–C) groups is 1. The fourth-order valence-corrected chi connectivity index (χ4v) is 3.27. The Labute approximate surface area is 110 Å². The van der Waals surface area contributed by atoms with Crippen LogP contribution >= 0.6 is 11.8 Å². The van der Waals surface area contributed by atoms with Crippen LogP contribution in [0.1, 0.15) is 13.8 Å². The zero-order valence-corrected chi connectivity index (χ0v) is 11.7. The van der Waals surface area contributed by atoms with Crippen LogP contribution < -0.4 is 0 Å². The van der Waals surface area contributed by atoms with Crippen LogP contribution in [0.3, 0.4) is 0 Å². The van der Waals surface area contributed by atoms with Crippen molar-refractivity contribution in [2.45, 2.75) is 49.3 Å². The van der Waals surface area contributed by atoms with Crippen molar-refractivity contribution in [3.8, 4) is 0 Å². The van der Waals surface area contributed by atoms with Crippen molar-refractivity contribution < 1.29 is 19.3 Å². The molecule has 1 fully saturated rings. The van der Waals surface area contributed by atoms with Crippen LogP contribution in [0, 0.1) is 0 Å². The molecule has 5 nitrogen and oxygen atoms in total. The third-order valence-corrected chi connectivity index (χ3v) is 4.41. The lowest BCUT2D eigenvalue weighted by Gasteiger charge is -2.42. The quantitative estimate of drug-likeness (QED) is 0.718. The van der Waals surface area contributed by atoms with Crippen LogP contribution in [0.5, 0.6) is 0 Å². The first-order valence-corrected chi connectivity index (χ1v) is 6.72. The Hall–Kier alpha value is -0.370. The summed E-state index contributed by atoms with van der Waals surface area (Å²) in [7, 11) is 3.67. The second-order valence-corrected chi connectivity index (χ2v) is 6.45. The molecule has 7 heteroatoms. The van der Waals surface area contributed by atoms with E-state index in [1.165, 1.54) is 25.6 Å². The van der Waals surface area contributed by atoms with Crippen molar-refractivity contribution >= 4 is 16.9 Å². The van der Waals surface area contributed by atoms with Gasteiger partial charge in [-0.3, -0.25) is 4.99 Å². The number of amidine groups is 1. The van der Waals surface area contributed by atoms with E-state index < -0.39 is 35.5 Å². The van der Waals surface area contributed by atoms with E-state index in [-0.39, 0.29) is 0 Å². The molecule has 0 amide bonds. The van der Waals surface area contributed by atoms with Gasteiger partial charge >= 0.3 is 0 Å². The highest BCUT2D eigenvalue weighted by Crippen LogP contribution is 2.40. The van der Waals surface area contributed by atoms with Gasteiger partial charge in [-0.1, -0.05) is 11.8 Å². The van der Waals surface area contributed by atoms with Crippen molar-refractivity contribution in [3.63, 3.8) is 0 Å². The van der Waals surface area contributed by atoms with E-state index >= 15 is 0 Å². The van der Waals surface area contributed by atoms with Gasteiger partial charge in [0.05, 0.1) is 0 Å². The highest BCUT2D eigenvalue weighted by molar-refractivity contribution is 8.14. The van der Waals surface area contributed by atoms with Gasteiger partial charge in [0.2, 0.25) is 0 Å². The van der Waals surface area contributed by atoms with Crippen molar-refractivity contribution in [2.24, 2.45) is 4.99 Å². The van der Waals surface area contributed by atoms with Crippen LogP contribution in [-0.2, 0) is 4.74 Å². The van der Waals surface area contributed by atoms with Gasteiger partial charge in [-0.05, 0) is 13.8 Å². The lowest BCUT2D eigenvalue weighted by atomic mass is 9.90. The van der Waals surface area contributed by atoms with E-state index in [0.717, 1.165) is 0 Å². The summed E-state index contributed by atoms with van der Waals surface area (Å²) in [4.78, 5) is 6.11. The van der Waals surface area contributed by atoms with E-state index in [1.54, 1.807) is 4.90 Å². The highest BCUT2D eigenvalue weighted by atomic mass is 32.2. The molecule has 0 radical (unpaired) electrons. The molecule has 2 aliphatic rings. The number of fused-ring (bicyclic) bond motifs is 1. The number of aliphatic hydroxyl groups excluding tert-OH is 2. The molecule has 104 valence electrons. The fourth-order valence-electron chi connectivity index (χ4n) is 2.13. The number of rotatable bonds is 1. The summed E-state index contributed by atoms with van der Waals surface area (Å²) in [6.45, 7) is 2.67. The first kappa shape index (κ1) is 14.0. The summed E-state index contributed by atoms with van der Waals surface area (Å²) in [5.74, 6) is 0. The average molecular weight is 278 g/mol. The third kappa shape index (κ3) is 2.36. The molecule has 2 rings (SSSR count). The molecule has 2 heterocycles. The Morgan fingerprint density at radius 2 is 1.94 bits per heavy atom. The Balaban J connectivity index is 2.19. The number of halogens is 1. The Morgan fingerprint density at radius 3 is 2.44 bits per heavy atom. The van der Waals surface area contributed by atoms with Crippen LogP contribution in [0.4, 0.5) is 4.39 Å². The van der Waals surface area contributed by atoms with Gasteiger partial charge in [0, 0.05) is 14.1 Å². The van der Waals surface area contributed by atoms with Crippen LogP contribution in [0.25, 0.3) is 0 Å². The molecule has 5 unspecified atom stereocenters. The first-order chi connectivity index (χ1) is 8.21. The van der Waals surface area contributed by atoms with Gasteiger partial charge in [0.1, 0.15) is 35.5 Å². The molecular formula is C11H19FN2O3S. The smallest absolute Gasteiger partial charge is 0.161 e. The zero-order chi connectivity index (χ0) is 13.7. The molecule has 0 spiro atoms. The Bertz CT molecular complexity index is 359. The number of hydrogen-bond acceptors (Lipinski definition) is 6. The second-order valence-electron chi connectivity index (χ2n) is 5.39. The lowest BCUT2D eigenvalue weighted by Crippen LogP contribution is -2.60. The second kappa shape index (κ2) is 4.63. The molecule has 0 aromatic carbocycles. The molecule has 0 bridgehead atoms. The number of aliphatic hydroxyl groups is 2. The van der Waals surface area contributed by atoms with E-state index in [9.17, 15) is 14.6 Å². The van der Waals surface area contributed by atoms with Crippen molar-refractivity contribution in [1.29, 1.82) is 0 Å². The Kier molecular flexibility index (Phi) is 3.61. The van der Waals surface area contributed by atoms with Crippen LogP contribution in [-0.4, -0.2) is 69.8 Å². The largest absolute Gasteiger partial charge is 0.388 e. The minimum Gasteiger partial charge on any atom is -0.388 e. The maximum absolute atomic E-state index is 14.0. The number of ether oxygens (including phenoxy) is 1. The predicted octanol–water partition coefficient (Wildman–Crippen LogP) is 0.214. The summed E-state index contributed by atoms with van der Waals surface area (Å²) in [6, 6.07) is -0.541. The summed E-state index contributed by atoms with van der Waals surface area (Å²) in [6.07, 6.45) is -3.41. The SMILES string of the molecule is CN(C)C1=NC2C(OC(C(C)(C)F)C(O)C2O)S1. The molecule has 0 aromatic heterocycles.